The summed E-state index contributed by atoms with van der Waals surface area (Å²) in [6, 6.07) is 0. The molecular formula is C2H8OZn2. The minimum absolute atomic E-state index is 0. The van der Waals surface area contributed by atoms with Crippen molar-refractivity contribution in [1.29, 1.82) is 0 Å². The summed E-state index contributed by atoms with van der Waals surface area (Å²) in [5, 5.41) is 0. The molecule has 3 heteroatoms. The molecule has 0 saturated carbocycles. The van der Waals surface area contributed by atoms with Crippen LogP contribution in [0.3, 0.4) is 0 Å². The minimum atomic E-state index is 0. The van der Waals surface area contributed by atoms with Gasteiger partial charge in [-0.15, -0.1) is 0 Å². The van der Waals surface area contributed by atoms with Gasteiger partial charge in [0.25, 0.3) is 0 Å². The third kappa shape index (κ3) is 36.8. The van der Waals surface area contributed by atoms with E-state index in [0.29, 0.717) is 0 Å². The van der Waals surface area contributed by atoms with E-state index in [1.807, 2.05) is 0 Å². The van der Waals surface area contributed by atoms with Crippen molar-refractivity contribution in [2.24, 2.45) is 0 Å². The summed E-state index contributed by atoms with van der Waals surface area (Å²) >= 11 is 0. The number of hydrogen-bond donors (Lipinski definition) is 0. The SMILES string of the molecule is O.[CH3-].[CH3-].[Zn+2].[Zn]. The maximum atomic E-state index is 0. The van der Waals surface area contributed by atoms with Crippen LogP contribution in [0, 0.1) is 14.9 Å². The number of hydrogen-bond acceptors (Lipinski definition) is 0. The summed E-state index contributed by atoms with van der Waals surface area (Å²) in [6.07, 6.45) is 0. The van der Waals surface area contributed by atoms with Gasteiger partial charge >= 0.3 is 19.5 Å². The Morgan fingerprint density at radius 1 is 0.800 bits per heavy atom. The Hall–Kier alpha value is 1.21. The van der Waals surface area contributed by atoms with Crippen molar-refractivity contribution in [2.75, 3.05) is 0 Å². The van der Waals surface area contributed by atoms with Crippen LogP contribution >= 0.6 is 0 Å². The van der Waals surface area contributed by atoms with Gasteiger partial charge in [-0.05, 0) is 0 Å². The topological polar surface area (TPSA) is 31.5 Å². The van der Waals surface area contributed by atoms with Crippen molar-refractivity contribution >= 4 is 0 Å². The molecule has 0 saturated heterocycles. The van der Waals surface area contributed by atoms with Crippen molar-refractivity contribution < 1.29 is 44.4 Å². The van der Waals surface area contributed by atoms with Gasteiger partial charge in [-0.1, -0.05) is 0 Å². The Balaban J connectivity index is 0. The second-order valence-corrected chi connectivity index (χ2v) is 0. The van der Waals surface area contributed by atoms with Crippen molar-refractivity contribution in [1.82, 2.24) is 0 Å². The van der Waals surface area contributed by atoms with Crippen LogP contribution in [-0.4, -0.2) is 5.48 Å². The Morgan fingerprint density at radius 3 is 0.800 bits per heavy atom. The molecule has 0 aliphatic carbocycles. The molecule has 0 atom stereocenters. The minimum Gasteiger partial charge on any atom is -0.412 e. The molecule has 1 nitrogen and oxygen atoms in total. The van der Waals surface area contributed by atoms with E-state index in [0.717, 1.165) is 0 Å². The average Bonchev–Trinajstić information content (AvgIpc) is 0. The summed E-state index contributed by atoms with van der Waals surface area (Å²) in [4.78, 5) is 0. The van der Waals surface area contributed by atoms with Gasteiger partial charge in [0.05, 0.1) is 0 Å². The summed E-state index contributed by atoms with van der Waals surface area (Å²) in [7, 11) is 0. The third-order valence-corrected chi connectivity index (χ3v) is 0. The van der Waals surface area contributed by atoms with Crippen molar-refractivity contribution in [3.05, 3.63) is 14.9 Å². The van der Waals surface area contributed by atoms with E-state index in [1.54, 1.807) is 0 Å². The van der Waals surface area contributed by atoms with Gasteiger partial charge < -0.3 is 20.3 Å². The molecule has 0 aromatic carbocycles. The maximum Gasteiger partial charge on any atom is 2.00 e. The Kier molecular flexibility index (Phi) is 1460. The largest absolute Gasteiger partial charge is 2.00 e. The maximum absolute atomic E-state index is 0. The van der Waals surface area contributed by atoms with Crippen LogP contribution in [0.15, 0.2) is 0 Å². The summed E-state index contributed by atoms with van der Waals surface area (Å²) in [5.41, 5.74) is 0. The summed E-state index contributed by atoms with van der Waals surface area (Å²) in [6.45, 7) is 0. The zero-order valence-corrected chi connectivity index (χ0v) is 9.85. The first-order chi connectivity index (χ1) is 0. The monoisotopic (exact) mass is 176 g/mol. The van der Waals surface area contributed by atoms with Gasteiger partial charge in [0.2, 0.25) is 0 Å². The molecular weight excluding hydrogens is 171 g/mol. The quantitative estimate of drug-likeness (QED) is 0.372. The fourth-order valence-electron chi connectivity index (χ4n) is 0. The molecule has 5 heavy (non-hydrogen) atoms. The zero-order chi connectivity index (χ0) is 0. The molecule has 0 fully saturated rings. The molecule has 0 rings (SSSR count). The molecule has 0 amide bonds. The van der Waals surface area contributed by atoms with Gasteiger partial charge in [0.1, 0.15) is 0 Å². The predicted octanol–water partition coefficient (Wildman–Crippen LogP) is 0.0709. The Morgan fingerprint density at radius 2 is 0.800 bits per heavy atom. The fourth-order valence-corrected chi connectivity index (χ4v) is 0. The molecule has 0 aromatic rings. The summed E-state index contributed by atoms with van der Waals surface area (Å²) < 4.78 is 0. The van der Waals surface area contributed by atoms with Crippen LogP contribution in [0.2, 0.25) is 0 Å². The molecule has 0 aliphatic rings. The van der Waals surface area contributed by atoms with Gasteiger partial charge in [-0.25, -0.2) is 0 Å². The second kappa shape index (κ2) is 63.3. The van der Waals surface area contributed by atoms with Gasteiger partial charge in [0, 0.05) is 19.5 Å². The first-order valence-electron chi connectivity index (χ1n) is 0. The van der Waals surface area contributed by atoms with Crippen LogP contribution in [0.4, 0.5) is 0 Å². The van der Waals surface area contributed by atoms with E-state index >= 15 is 0 Å². The Bertz CT molecular complexity index is 7.61. The summed E-state index contributed by atoms with van der Waals surface area (Å²) in [5.74, 6) is 0. The molecule has 0 radical (unpaired) electrons. The molecule has 0 spiro atoms. The predicted molar refractivity (Wildman–Crippen MR) is 16.4 cm³/mol. The molecule has 0 bridgehead atoms. The van der Waals surface area contributed by atoms with E-state index in [1.165, 1.54) is 0 Å². The molecule has 0 unspecified atom stereocenters. The van der Waals surface area contributed by atoms with Crippen LogP contribution in [0.5, 0.6) is 0 Å². The van der Waals surface area contributed by atoms with Crippen LogP contribution in [-0.2, 0) is 39.0 Å². The van der Waals surface area contributed by atoms with Crippen molar-refractivity contribution in [3.8, 4) is 0 Å². The second-order valence-electron chi connectivity index (χ2n) is 0. The Labute approximate surface area is 59.4 Å². The average molecular weight is 179 g/mol. The number of rotatable bonds is 0. The zero-order valence-electron chi connectivity index (χ0n) is 3.91. The van der Waals surface area contributed by atoms with Crippen LogP contribution in [0.1, 0.15) is 0 Å². The fraction of sp³-hybridized carbons (Fsp3) is 0. The van der Waals surface area contributed by atoms with Crippen LogP contribution < -0.4 is 0 Å². The standard InChI is InChI=1S/2CH3.H2O.2Zn/h2*1H3;1H2;;/q2*-1;;;+2. The first kappa shape index (κ1) is 116. The van der Waals surface area contributed by atoms with Gasteiger partial charge in [0.15, 0.2) is 0 Å². The molecule has 0 heterocycles. The van der Waals surface area contributed by atoms with E-state index in [-0.39, 0.29) is 59.3 Å². The molecule has 2 N–H and O–H groups in total. The third-order valence-electron chi connectivity index (χ3n) is 0. The molecule has 26 valence electrons. The van der Waals surface area contributed by atoms with Crippen LogP contribution in [0.25, 0.3) is 0 Å². The smallest absolute Gasteiger partial charge is 0.412 e. The van der Waals surface area contributed by atoms with Gasteiger partial charge in [-0.3, -0.25) is 0 Å². The van der Waals surface area contributed by atoms with Crippen molar-refractivity contribution in [3.63, 3.8) is 0 Å². The van der Waals surface area contributed by atoms with E-state index < -0.39 is 0 Å². The van der Waals surface area contributed by atoms with E-state index in [4.69, 9.17) is 0 Å². The van der Waals surface area contributed by atoms with Crippen molar-refractivity contribution in [2.45, 2.75) is 0 Å². The van der Waals surface area contributed by atoms with E-state index in [2.05, 4.69) is 0 Å². The molecule has 0 aliphatic heterocycles. The van der Waals surface area contributed by atoms with E-state index in [9.17, 15) is 0 Å². The first-order valence-corrected chi connectivity index (χ1v) is 0. The molecule has 0 aromatic heterocycles. The van der Waals surface area contributed by atoms with Gasteiger partial charge in [-0.2, -0.15) is 0 Å². The normalized spacial score (nSPS) is 0.